The lowest BCUT2D eigenvalue weighted by Crippen LogP contribution is -2.27. The van der Waals surface area contributed by atoms with Gasteiger partial charge in [0.25, 0.3) is 0 Å². The van der Waals surface area contributed by atoms with E-state index in [1.165, 1.54) is 242 Å². The van der Waals surface area contributed by atoms with Gasteiger partial charge in [0.15, 0.2) is 0 Å². The van der Waals surface area contributed by atoms with E-state index in [0.29, 0.717) is 88.4 Å². The van der Waals surface area contributed by atoms with Crippen LogP contribution in [-0.2, 0) is 41.6 Å². The van der Waals surface area contributed by atoms with Gasteiger partial charge in [-0.1, -0.05) is 403 Å². The highest BCUT2D eigenvalue weighted by atomic mass is 16.6. The Morgan fingerprint density at radius 3 is 0.593 bits per heavy atom. The SMILES string of the molecule is C[C@H](CCC[C@H](C)CCC[C@H](C)CC[C@@H](C)CCC[C@@H](C)CCC[C@@H](C)CCC[C@@H](C)CCOC[C@@H](COCc1ccccc1)OCC[C@H](C)CCC[C@H](C)CCC[C@H](C)CCC[C@H](C)CO)CCC[C@@H](C)CCOC[C@@H](COCc1ccccc1)OCC[C@H](C)CCC[C@H](C)CCC[C@H](C)CCC[C@H](C)CO. The van der Waals surface area contributed by atoms with E-state index in [-0.39, 0.29) is 12.2 Å². The van der Waals surface area contributed by atoms with Crippen LogP contribution in [0.1, 0.15) is 392 Å². The van der Waals surface area contributed by atoms with Gasteiger partial charge in [-0.3, -0.25) is 0 Å². The number of benzene rings is 2. The molecule has 2 aromatic rings. The lowest BCUT2D eigenvalue weighted by molar-refractivity contribution is -0.0670. The topological polar surface area (TPSA) is 95.8 Å². The van der Waals surface area contributed by atoms with E-state index in [1.807, 2.05) is 0 Å². The van der Waals surface area contributed by atoms with Crippen LogP contribution >= 0.6 is 0 Å². The van der Waals surface area contributed by atoms with Crippen LogP contribution in [0.15, 0.2) is 60.7 Å². The van der Waals surface area contributed by atoms with Gasteiger partial charge in [0, 0.05) is 39.6 Å². The highest BCUT2D eigenvalue weighted by Crippen LogP contribution is 2.30. The van der Waals surface area contributed by atoms with Gasteiger partial charge in [-0.05, 0) is 144 Å². The van der Waals surface area contributed by atoms with Gasteiger partial charge in [-0.15, -0.1) is 0 Å². The van der Waals surface area contributed by atoms with Crippen LogP contribution in [0.3, 0.4) is 0 Å². The predicted molar refractivity (Wildman–Crippen MR) is 468 cm³/mol. The van der Waals surface area contributed by atoms with Crippen LogP contribution in [0, 0.1) is 94.7 Å². The second-order valence-electron chi connectivity index (χ2n) is 38.1. The van der Waals surface area contributed by atoms with E-state index in [9.17, 15) is 10.2 Å². The summed E-state index contributed by atoms with van der Waals surface area (Å²) in [6, 6.07) is 21.0. The lowest BCUT2D eigenvalue weighted by atomic mass is 9.88. The van der Waals surface area contributed by atoms with Gasteiger partial charge in [-0.2, -0.15) is 0 Å². The summed E-state index contributed by atoms with van der Waals surface area (Å²) in [5.74, 6) is 11.9. The average Bonchev–Trinajstić information content (AvgIpc) is 0.968. The first-order chi connectivity index (χ1) is 52.1. The Labute approximate surface area is 673 Å². The molecule has 8 nitrogen and oxygen atoms in total. The molecule has 0 aromatic heterocycles. The fraction of sp³-hybridized carbons (Fsp3) is 0.880. The Balaban J connectivity index is 1.50. The smallest absolute Gasteiger partial charge is 0.104 e. The zero-order chi connectivity index (χ0) is 79.0. The molecule has 2 rings (SSSR count). The molecule has 0 unspecified atom stereocenters. The maximum atomic E-state index is 9.32. The lowest BCUT2D eigenvalue weighted by Gasteiger charge is -2.21. The molecule has 0 bridgehead atoms. The van der Waals surface area contributed by atoms with Crippen molar-refractivity contribution in [3.63, 3.8) is 0 Å². The van der Waals surface area contributed by atoms with Crippen molar-refractivity contribution in [3.8, 4) is 0 Å². The normalized spacial score (nSPS) is 17.2. The molecular weight excluding hydrogens is 1330 g/mol. The van der Waals surface area contributed by atoms with Crippen molar-refractivity contribution in [1.29, 1.82) is 0 Å². The molecule has 0 aliphatic rings. The Morgan fingerprint density at radius 1 is 0.204 bits per heavy atom. The average molecular weight is 1520 g/mol. The van der Waals surface area contributed by atoms with Crippen molar-refractivity contribution in [3.05, 3.63) is 71.8 Å². The molecule has 8 heteroatoms. The quantitative estimate of drug-likeness (QED) is 0.0633. The van der Waals surface area contributed by atoms with Crippen molar-refractivity contribution in [1.82, 2.24) is 0 Å². The first-order valence-corrected chi connectivity index (χ1v) is 47.0. The standard InChI is InChI=1S/C100H186O8/c1-81(35-23-37-83(3)45-29-53-91(11)65-69-103-77-99(79-105-75-97-59-19-17-20-60-97)107-71-67-93(13)55-31-47-85(5)39-25-41-87(7)49-33-57-95(15)73-101)43-27-51-89(9)63-64-90(10)52-28-44-82(2)36-24-38-84(4)46-30-54-92(12)66-70-104-78-100(80-106-76-98-61-21-18-22-62-98)108-72-68-94(14)56-32-48-86(6)40-26-42-88(8)50-34-58-96(16)74-102/h17-22,59-62,81-96,99-102H,23-58,63-80H2,1-16H3/t81-,82-,83+,84+,85+,86+,87-,88-,89-,90-,91+,92+,93+,94+,95-,96-,99-,100-/m0/s1. The van der Waals surface area contributed by atoms with Gasteiger partial charge in [0.2, 0.25) is 0 Å². The van der Waals surface area contributed by atoms with E-state index in [4.69, 9.17) is 28.4 Å². The van der Waals surface area contributed by atoms with E-state index >= 15 is 0 Å². The van der Waals surface area contributed by atoms with Crippen LogP contribution in [0.2, 0.25) is 0 Å². The first-order valence-electron chi connectivity index (χ1n) is 47.0. The van der Waals surface area contributed by atoms with Crippen LogP contribution in [-0.4, -0.2) is 88.5 Å². The monoisotopic (exact) mass is 1520 g/mol. The second kappa shape index (κ2) is 69.4. The Hall–Kier alpha value is -1.88. The fourth-order valence-electron chi connectivity index (χ4n) is 16.5. The Morgan fingerprint density at radius 2 is 0.380 bits per heavy atom. The molecule has 0 amide bonds. The number of aliphatic hydroxyl groups is 2. The van der Waals surface area contributed by atoms with Crippen molar-refractivity contribution in [2.24, 2.45) is 94.7 Å². The summed E-state index contributed by atoms with van der Waals surface area (Å²) >= 11 is 0. The maximum Gasteiger partial charge on any atom is 0.104 e. The van der Waals surface area contributed by atoms with Crippen LogP contribution in [0.4, 0.5) is 0 Å². The van der Waals surface area contributed by atoms with Gasteiger partial charge in [0.1, 0.15) is 12.2 Å². The van der Waals surface area contributed by atoms with Crippen LogP contribution in [0.25, 0.3) is 0 Å². The number of aliphatic hydroxyl groups excluding tert-OH is 2. The minimum atomic E-state index is -0.0335. The largest absolute Gasteiger partial charge is 0.396 e. The number of ether oxygens (including phenoxy) is 6. The van der Waals surface area contributed by atoms with Crippen molar-refractivity contribution >= 4 is 0 Å². The second-order valence-corrected chi connectivity index (χ2v) is 38.1. The molecule has 0 saturated heterocycles. The maximum absolute atomic E-state index is 9.32. The Bertz CT molecular complexity index is 2030. The summed E-state index contributed by atoms with van der Waals surface area (Å²) in [7, 11) is 0. The molecule has 0 spiro atoms. The van der Waals surface area contributed by atoms with Gasteiger partial charge >= 0.3 is 0 Å². The summed E-state index contributed by atoms with van der Waals surface area (Å²) in [5.41, 5.74) is 2.40. The number of hydrogen-bond donors (Lipinski definition) is 2. The first kappa shape index (κ1) is 102. The molecule has 634 valence electrons. The minimum Gasteiger partial charge on any atom is -0.396 e. The van der Waals surface area contributed by atoms with Crippen LogP contribution < -0.4 is 0 Å². The van der Waals surface area contributed by atoms with Gasteiger partial charge < -0.3 is 38.6 Å². The molecule has 0 heterocycles. The summed E-state index contributed by atoms with van der Waals surface area (Å²) in [5, 5.41) is 18.6. The predicted octanol–water partition coefficient (Wildman–Crippen LogP) is 28.8. The van der Waals surface area contributed by atoms with Crippen LogP contribution in [0.5, 0.6) is 0 Å². The highest BCUT2D eigenvalue weighted by Gasteiger charge is 2.19. The van der Waals surface area contributed by atoms with E-state index in [1.54, 1.807) is 0 Å². The third-order valence-corrected chi connectivity index (χ3v) is 25.4. The van der Waals surface area contributed by atoms with Gasteiger partial charge in [-0.25, -0.2) is 0 Å². The van der Waals surface area contributed by atoms with Crippen molar-refractivity contribution in [2.45, 2.75) is 406 Å². The van der Waals surface area contributed by atoms with Crippen molar-refractivity contribution in [2.75, 3.05) is 66.1 Å². The molecular formula is C100H186O8. The Kier molecular flexibility index (Phi) is 65.7. The molecule has 2 N–H and O–H groups in total. The summed E-state index contributed by atoms with van der Waals surface area (Å²) in [6.45, 7) is 46.1. The number of rotatable bonds is 79. The zero-order valence-corrected chi connectivity index (χ0v) is 74.7. The molecule has 2 aromatic carbocycles. The van der Waals surface area contributed by atoms with E-state index < -0.39 is 0 Å². The summed E-state index contributed by atoms with van der Waals surface area (Å²) in [4.78, 5) is 0. The highest BCUT2D eigenvalue weighted by molar-refractivity contribution is 5.14. The van der Waals surface area contributed by atoms with Crippen molar-refractivity contribution < 1.29 is 38.6 Å². The summed E-state index contributed by atoms with van der Waals surface area (Å²) < 4.78 is 38.0. The molecule has 0 aliphatic carbocycles. The molecule has 0 fully saturated rings. The molecule has 0 radical (unpaired) electrons. The van der Waals surface area contributed by atoms with E-state index in [2.05, 4.69) is 171 Å². The zero-order valence-electron chi connectivity index (χ0n) is 74.7. The third kappa shape index (κ3) is 62.5. The molecule has 18 atom stereocenters. The fourth-order valence-corrected chi connectivity index (χ4v) is 16.5. The minimum absolute atomic E-state index is 0.0335. The third-order valence-electron chi connectivity index (χ3n) is 25.4. The molecule has 0 aliphatic heterocycles. The van der Waals surface area contributed by atoms with Gasteiger partial charge in [0.05, 0.1) is 39.6 Å². The number of hydrogen-bond acceptors (Lipinski definition) is 8. The molecule has 108 heavy (non-hydrogen) atoms. The van der Waals surface area contributed by atoms with E-state index in [0.717, 1.165) is 124 Å². The summed E-state index contributed by atoms with van der Waals surface area (Å²) in [6.07, 6.45) is 55.3. The molecule has 0 saturated carbocycles.